The Morgan fingerprint density at radius 1 is 0.857 bits per heavy atom. The van der Waals surface area contributed by atoms with Crippen LogP contribution in [-0.4, -0.2) is 41.5 Å². The molecule has 0 heterocycles. The molecule has 0 saturated carbocycles. The van der Waals surface area contributed by atoms with Gasteiger partial charge in [-0.1, -0.05) is 32.6 Å². The monoisotopic (exact) mass is 342 g/mol. The van der Waals surface area contributed by atoms with Crippen molar-refractivity contribution < 1.29 is 13.3 Å². The lowest BCUT2D eigenvalue weighted by Crippen LogP contribution is -2.14. The van der Waals surface area contributed by atoms with E-state index in [4.69, 9.17) is 13.3 Å². The molecule has 0 N–H and O–H groups in total. The molecule has 120 valence electrons. The van der Waals surface area contributed by atoms with Gasteiger partial charge in [0.15, 0.2) is 0 Å². The zero-order valence-corrected chi connectivity index (χ0v) is 17.0. The Hall–Kier alpha value is 0.111. The van der Waals surface area contributed by atoms with Gasteiger partial charge in [-0.05, 0) is 45.0 Å². The summed E-state index contributed by atoms with van der Waals surface area (Å²) in [5.41, 5.74) is 0. The van der Waals surface area contributed by atoms with Crippen LogP contribution in [0.3, 0.4) is 0 Å². The van der Waals surface area contributed by atoms with E-state index in [1.807, 2.05) is 12.6 Å². The lowest BCUT2D eigenvalue weighted by atomic mass is 10.0. The van der Waals surface area contributed by atoms with E-state index in [-0.39, 0.29) is 6.10 Å². The maximum absolute atomic E-state index is 5.79. The summed E-state index contributed by atoms with van der Waals surface area (Å²) in [4.78, 5) is 0. The van der Waals surface area contributed by atoms with Crippen molar-refractivity contribution >= 4 is 29.3 Å². The van der Waals surface area contributed by atoms with Crippen molar-refractivity contribution in [3.05, 3.63) is 12.3 Å². The van der Waals surface area contributed by atoms with Crippen molar-refractivity contribution in [2.45, 2.75) is 83.7 Å². The molecule has 0 fully saturated rings. The van der Waals surface area contributed by atoms with E-state index in [0.29, 0.717) is 35.4 Å². The fourth-order valence-electron chi connectivity index (χ4n) is 2.19. The number of unbranched alkanes of at least 4 members (excludes halogenated alkanes) is 2. The van der Waals surface area contributed by atoms with Crippen molar-refractivity contribution in [2.75, 3.05) is 0 Å². The average Bonchev–Trinajstić information content (AvgIpc) is 2.47. The van der Waals surface area contributed by atoms with Crippen LogP contribution in [-0.2, 0) is 13.3 Å². The molecule has 0 aromatic rings. The molecule has 2 atom stereocenters. The lowest BCUT2D eigenvalue weighted by Gasteiger charge is -2.16. The van der Waals surface area contributed by atoms with E-state index in [1.54, 1.807) is 6.26 Å². The number of rotatable bonds is 15. The van der Waals surface area contributed by atoms with Crippen molar-refractivity contribution in [3.63, 3.8) is 0 Å². The second kappa shape index (κ2) is 16.5. The molecule has 21 heavy (non-hydrogen) atoms. The van der Waals surface area contributed by atoms with Gasteiger partial charge < -0.3 is 13.3 Å². The Kier molecular flexibility index (Phi) is 16.6. The smallest absolute Gasteiger partial charge is 0.306 e. The van der Waals surface area contributed by atoms with Gasteiger partial charge in [0.05, 0.1) is 12.4 Å². The summed E-state index contributed by atoms with van der Waals surface area (Å²) >= 11 is 0. The quantitative estimate of drug-likeness (QED) is 0.255. The van der Waals surface area contributed by atoms with Crippen molar-refractivity contribution in [2.24, 2.45) is 0 Å². The third-order valence-electron chi connectivity index (χ3n) is 3.16. The van der Waals surface area contributed by atoms with E-state index >= 15 is 0 Å². The first kappa shape index (κ1) is 21.1. The molecular formula is C15H30O3Si3. The maximum atomic E-state index is 5.79. The summed E-state index contributed by atoms with van der Waals surface area (Å²) < 4.78 is 16.8. The van der Waals surface area contributed by atoms with Crippen LogP contribution in [0, 0.1) is 0 Å². The largest absolute Gasteiger partial charge is 0.547 e. The van der Waals surface area contributed by atoms with Crippen LogP contribution in [0.4, 0.5) is 0 Å². The predicted octanol–water partition coefficient (Wildman–Crippen LogP) is 4.04. The molecule has 6 heteroatoms. The Morgan fingerprint density at radius 2 is 1.57 bits per heavy atom. The van der Waals surface area contributed by atoms with Gasteiger partial charge >= 0.3 is 9.76 Å². The molecule has 0 amide bonds. The second-order valence-electron chi connectivity index (χ2n) is 4.88. The van der Waals surface area contributed by atoms with Gasteiger partial charge in [0.25, 0.3) is 0 Å². The maximum Gasteiger partial charge on any atom is 0.306 e. The topological polar surface area (TPSA) is 27.7 Å². The van der Waals surface area contributed by atoms with E-state index in [2.05, 4.69) is 20.0 Å². The van der Waals surface area contributed by atoms with Gasteiger partial charge in [0.1, 0.15) is 0 Å². The summed E-state index contributed by atoms with van der Waals surface area (Å²) in [7, 11) is 1.65. The normalized spacial score (nSPS) is 14.5. The van der Waals surface area contributed by atoms with Crippen LogP contribution in [0.15, 0.2) is 12.3 Å². The van der Waals surface area contributed by atoms with Crippen LogP contribution in [0.1, 0.15) is 51.9 Å². The molecule has 0 aliphatic carbocycles. The SMILES string of the molecule is CCCC(CCCCCC(C=CO[Si]C)O[Si]C)O[Si]C. The molecule has 0 rings (SSSR count). The molecule has 0 saturated heterocycles. The highest BCUT2D eigenvalue weighted by Crippen LogP contribution is 2.14. The van der Waals surface area contributed by atoms with E-state index in [0.717, 1.165) is 6.42 Å². The Morgan fingerprint density at radius 3 is 2.19 bits per heavy atom. The van der Waals surface area contributed by atoms with Crippen molar-refractivity contribution in [3.8, 4) is 0 Å². The van der Waals surface area contributed by atoms with E-state index in [9.17, 15) is 0 Å². The Labute approximate surface area is 139 Å². The predicted molar refractivity (Wildman–Crippen MR) is 92.8 cm³/mol. The van der Waals surface area contributed by atoms with Crippen LogP contribution >= 0.6 is 0 Å². The molecule has 0 aromatic carbocycles. The van der Waals surface area contributed by atoms with Gasteiger partial charge in [-0.15, -0.1) is 0 Å². The van der Waals surface area contributed by atoms with Crippen LogP contribution in [0.25, 0.3) is 0 Å². The standard InChI is InChI=1S/C15H30O3Si3/c1-5-9-14(17-20-3)10-7-6-8-11-15(18-21-4)12-13-16-19-2/h12-15H,5-11H2,1-4H3. The molecule has 0 aromatic heterocycles. The zero-order chi connectivity index (χ0) is 15.8. The van der Waals surface area contributed by atoms with E-state index in [1.165, 1.54) is 38.5 Å². The lowest BCUT2D eigenvalue weighted by molar-refractivity contribution is 0.184. The fraction of sp³-hybridized carbons (Fsp3) is 0.867. The van der Waals surface area contributed by atoms with E-state index < -0.39 is 0 Å². The minimum absolute atomic E-state index is 0.212. The van der Waals surface area contributed by atoms with Gasteiger partial charge in [-0.3, -0.25) is 0 Å². The Balaban J connectivity index is 3.77. The molecule has 0 aliphatic rings. The summed E-state index contributed by atoms with van der Waals surface area (Å²) in [6.45, 7) is 8.43. The second-order valence-corrected chi connectivity index (χ2v) is 6.81. The molecule has 0 bridgehead atoms. The number of hydrogen-bond donors (Lipinski definition) is 0. The highest BCUT2D eigenvalue weighted by molar-refractivity contribution is 6.25. The van der Waals surface area contributed by atoms with Gasteiger partial charge in [-0.25, -0.2) is 0 Å². The summed E-state index contributed by atoms with van der Waals surface area (Å²) in [5.74, 6) is 0. The first-order chi connectivity index (χ1) is 10.3. The molecule has 6 radical (unpaired) electrons. The average molecular weight is 343 g/mol. The van der Waals surface area contributed by atoms with Crippen LogP contribution in [0.2, 0.25) is 19.6 Å². The zero-order valence-electron chi connectivity index (χ0n) is 14.0. The van der Waals surface area contributed by atoms with Gasteiger partial charge in [0.2, 0.25) is 19.5 Å². The van der Waals surface area contributed by atoms with Crippen LogP contribution in [0.5, 0.6) is 0 Å². The van der Waals surface area contributed by atoms with Crippen molar-refractivity contribution in [1.29, 1.82) is 0 Å². The fourth-order valence-corrected chi connectivity index (χ4v) is 3.47. The van der Waals surface area contributed by atoms with Gasteiger partial charge in [0, 0.05) is 6.10 Å². The first-order valence-corrected chi connectivity index (χ1v) is 12.1. The summed E-state index contributed by atoms with van der Waals surface area (Å²) in [6.07, 6.45) is 12.9. The minimum Gasteiger partial charge on any atom is -0.547 e. The first-order valence-electron chi connectivity index (χ1n) is 7.92. The summed E-state index contributed by atoms with van der Waals surface area (Å²) in [6, 6.07) is 0. The Bertz CT molecular complexity index is 234. The minimum atomic E-state index is 0.212. The molecule has 0 aliphatic heterocycles. The molecule has 0 spiro atoms. The van der Waals surface area contributed by atoms with Gasteiger partial charge in [-0.2, -0.15) is 0 Å². The molecule has 3 nitrogen and oxygen atoms in total. The molecule has 2 unspecified atom stereocenters. The van der Waals surface area contributed by atoms with Crippen molar-refractivity contribution in [1.82, 2.24) is 0 Å². The third kappa shape index (κ3) is 13.5. The highest BCUT2D eigenvalue weighted by atomic mass is 28.2. The van der Waals surface area contributed by atoms with Crippen LogP contribution < -0.4 is 0 Å². The molecular weight excluding hydrogens is 312 g/mol. The highest BCUT2D eigenvalue weighted by Gasteiger charge is 2.08. The summed E-state index contributed by atoms with van der Waals surface area (Å²) in [5, 5.41) is 0. The third-order valence-corrected chi connectivity index (χ3v) is 4.64. The number of hydrogen-bond acceptors (Lipinski definition) is 3.